The van der Waals surface area contributed by atoms with E-state index in [2.05, 4.69) is 15.9 Å². The molecule has 0 aliphatic carbocycles. The lowest BCUT2D eigenvalue weighted by Crippen LogP contribution is -2.38. The highest BCUT2D eigenvalue weighted by atomic mass is 79.9. The van der Waals surface area contributed by atoms with Crippen molar-refractivity contribution in [3.8, 4) is 5.69 Å². The van der Waals surface area contributed by atoms with Crippen LogP contribution in [0.1, 0.15) is 53.6 Å². The molecule has 4 rings (SSSR count). The van der Waals surface area contributed by atoms with Gasteiger partial charge in [0.1, 0.15) is 5.82 Å². The topological polar surface area (TPSA) is 55.2 Å². The van der Waals surface area contributed by atoms with E-state index in [1.807, 2.05) is 88.4 Å². The number of benzene rings is 3. The summed E-state index contributed by atoms with van der Waals surface area (Å²) in [6, 6.07) is 20.3. The van der Waals surface area contributed by atoms with Gasteiger partial charge in [0.2, 0.25) is 0 Å². The van der Waals surface area contributed by atoms with E-state index in [9.17, 15) is 9.59 Å². The van der Waals surface area contributed by atoms with Crippen molar-refractivity contribution >= 4 is 32.7 Å². The summed E-state index contributed by atoms with van der Waals surface area (Å²) in [7, 11) is 0. The average Bonchev–Trinajstić information content (AvgIpc) is 2.83. The number of carbonyl (C=O) groups excluding carboxylic acids is 1. The lowest BCUT2D eigenvalue weighted by Gasteiger charge is -2.30. The first-order chi connectivity index (χ1) is 16.3. The molecule has 6 heteroatoms. The Morgan fingerprint density at radius 1 is 1.03 bits per heavy atom. The lowest BCUT2D eigenvalue weighted by molar-refractivity contribution is 0.0681. The smallest absolute Gasteiger partial charge is 0.266 e. The molecule has 0 saturated carbocycles. The second kappa shape index (κ2) is 9.94. The number of carbonyl (C=O) groups is 1. The standard InChI is InChI=1S/C28H28BrN3O2/c1-5-15-31(27(33)21-9-8-10-22(29)17-21)20(4)26-30-25-12-7-6-11-24(25)28(34)32(26)23-14-13-18(2)19(3)16-23/h6-14,16-17,20H,5,15H2,1-4H3. The Bertz CT molecular complexity index is 1430. The number of hydrogen-bond acceptors (Lipinski definition) is 3. The zero-order valence-corrected chi connectivity index (χ0v) is 21.5. The molecule has 0 spiro atoms. The summed E-state index contributed by atoms with van der Waals surface area (Å²) in [6.07, 6.45) is 0.783. The summed E-state index contributed by atoms with van der Waals surface area (Å²) >= 11 is 3.46. The fourth-order valence-electron chi connectivity index (χ4n) is 4.18. The Hall–Kier alpha value is -3.25. The second-order valence-electron chi connectivity index (χ2n) is 8.58. The SMILES string of the molecule is CCCN(C(=O)c1cccc(Br)c1)C(C)c1nc2ccccc2c(=O)n1-c1ccc(C)c(C)c1. The van der Waals surface area contributed by atoms with E-state index in [1.54, 1.807) is 15.5 Å². The maximum atomic E-state index is 13.7. The van der Waals surface area contributed by atoms with Crippen molar-refractivity contribution in [1.29, 1.82) is 0 Å². The predicted molar refractivity (Wildman–Crippen MR) is 141 cm³/mol. The van der Waals surface area contributed by atoms with Crippen LogP contribution < -0.4 is 5.56 Å². The maximum Gasteiger partial charge on any atom is 0.266 e. The van der Waals surface area contributed by atoms with Gasteiger partial charge in [-0.1, -0.05) is 47.1 Å². The maximum absolute atomic E-state index is 13.7. The largest absolute Gasteiger partial charge is 0.329 e. The summed E-state index contributed by atoms with van der Waals surface area (Å²) < 4.78 is 2.51. The van der Waals surface area contributed by atoms with Crippen LogP contribution in [-0.4, -0.2) is 26.9 Å². The second-order valence-corrected chi connectivity index (χ2v) is 9.50. The van der Waals surface area contributed by atoms with E-state index in [-0.39, 0.29) is 11.5 Å². The Kier molecular flexibility index (Phi) is 6.98. The van der Waals surface area contributed by atoms with Crippen molar-refractivity contribution in [3.63, 3.8) is 0 Å². The molecule has 0 radical (unpaired) electrons. The number of para-hydroxylation sites is 1. The molecular formula is C28H28BrN3O2. The summed E-state index contributed by atoms with van der Waals surface area (Å²) in [5, 5.41) is 0.553. The van der Waals surface area contributed by atoms with Crippen LogP contribution in [0.5, 0.6) is 0 Å². The third-order valence-electron chi connectivity index (χ3n) is 6.19. The van der Waals surface area contributed by atoms with Crippen LogP contribution in [0.15, 0.2) is 76.0 Å². The van der Waals surface area contributed by atoms with Crippen molar-refractivity contribution in [1.82, 2.24) is 14.5 Å². The van der Waals surface area contributed by atoms with E-state index in [0.29, 0.717) is 28.8 Å². The van der Waals surface area contributed by atoms with E-state index < -0.39 is 6.04 Å². The van der Waals surface area contributed by atoms with Crippen molar-refractivity contribution < 1.29 is 4.79 Å². The van der Waals surface area contributed by atoms with Gasteiger partial charge in [0.25, 0.3) is 11.5 Å². The normalized spacial score (nSPS) is 12.0. The van der Waals surface area contributed by atoms with Gasteiger partial charge in [0.05, 0.1) is 22.6 Å². The minimum Gasteiger partial charge on any atom is -0.329 e. The third-order valence-corrected chi connectivity index (χ3v) is 6.68. The van der Waals surface area contributed by atoms with Crippen LogP contribution in [-0.2, 0) is 0 Å². The van der Waals surface area contributed by atoms with Crippen LogP contribution in [0.4, 0.5) is 0 Å². The first-order valence-electron chi connectivity index (χ1n) is 11.5. The van der Waals surface area contributed by atoms with Crippen molar-refractivity contribution in [2.75, 3.05) is 6.54 Å². The van der Waals surface area contributed by atoms with Gasteiger partial charge in [0, 0.05) is 16.6 Å². The lowest BCUT2D eigenvalue weighted by atomic mass is 10.1. The molecule has 0 aliphatic heterocycles. The molecule has 1 heterocycles. The molecule has 0 fully saturated rings. The van der Waals surface area contributed by atoms with Crippen molar-refractivity contribution in [3.05, 3.63) is 104 Å². The van der Waals surface area contributed by atoms with Crippen molar-refractivity contribution in [2.24, 2.45) is 0 Å². The highest BCUT2D eigenvalue weighted by molar-refractivity contribution is 9.10. The molecular weight excluding hydrogens is 490 g/mol. The number of rotatable bonds is 6. The fourth-order valence-corrected chi connectivity index (χ4v) is 4.58. The molecule has 0 aliphatic rings. The molecule has 1 aromatic heterocycles. The minimum absolute atomic E-state index is 0.0929. The number of amides is 1. The molecule has 174 valence electrons. The van der Waals surface area contributed by atoms with Crippen LogP contribution in [0, 0.1) is 13.8 Å². The Morgan fingerprint density at radius 2 is 1.79 bits per heavy atom. The number of aromatic nitrogens is 2. The highest BCUT2D eigenvalue weighted by Crippen LogP contribution is 2.26. The summed E-state index contributed by atoms with van der Waals surface area (Å²) in [5.41, 5.74) is 4.07. The average molecular weight is 518 g/mol. The number of aryl methyl sites for hydroxylation is 2. The zero-order chi connectivity index (χ0) is 24.4. The summed E-state index contributed by atoms with van der Waals surface area (Å²) in [6.45, 7) is 8.60. The van der Waals surface area contributed by atoms with E-state index in [4.69, 9.17) is 4.98 Å². The molecule has 0 saturated heterocycles. The number of halogens is 1. The Balaban J connectivity index is 1.92. The van der Waals surface area contributed by atoms with Crippen LogP contribution >= 0.6 is 15.9 Å². The van der Waals surface area contributed by atoms with Crippen LogP contribution in [0.2, 0.25) is 0 Å². The number of fused-ring (bicyclic) bond motifs is 1. The van der Waals surface area contributed by atoms with Gasteiger partial charge in [0.15, 0.2) is 0 Å². The third kappa shape index (κ3) is 4.55. The van der Waals surface area contributed by atoms with Gasteiger partial charge in [-0.3, -0.25) is 14.2 Å². The van der Waals surface area contributed by atoms with Gasteiger partial charge in [-0.05, 0) is 80.8 Å². The molecule has 0 bridgehead atoms. The van der Waals surface area contributed by atoms with E-state index in [1.165, 1.54) is 0 Å². The summed E-state index contributed by atoms with van der Waals surface area (Å²) in [4.78, 5) is 34.0. The molecule has 1 amide bonds. The predicted octanol–water partition coefficient (Wildman–Crippen LogP) is 6.38. The molecule has 3 aromatic carbocycles. The number of hydrogen-bond donors (Lipinski definition) is 0. The Labute approximate surface area is 208 Å². The van der Waals surface area contributed by atoms with Crippen molar-refractivity contribution in [2.45, 2.75) is 40.2 Å². The zero-order valence-electron chi connectivity index (χ0n) is 19.9. The number of nitrogens with zero attached hydrogens (tertiary/aromatic N) is 3. The highest BCUT2D eigenvalue weighted by Gasteiger charge is 2.27. The van der Waals surface area contributed by atoms with Gasteiger partial charge >= 0.3 is 0 Å². The minimum atomic E-state index is -0.426. The molecule has 1 atom stereocenters. The van der Waals surface area contributed by atoms with E-state index >= 15 is 0 Å². The first-order valence-corrected chi connectivity index (χ1v) is 12.3. The monoisotopic (exact) mass is 517 g/mol. The summed E-state index contributed by atoms with van der Waals surface area (Å²) in [5.74, 6) is 0.452. The van der Waals surface area contributed by atoms with Gasteiger partial charge < -0.3 is 4.90 Å². The van der Waals surface area contributed by atoms with Gasteiger partial charge in [-0.15, -0.1) is 0 Å². The fraction of sp³-hybridized carbons (Fsp3) is 0.250. The first kappa shape index (κ1) is 23.9. The molecule has 1 unspecified atom stereocenters. The van der Waals surface area contributed by atoms with Gasteiger partial charge in [-0.2, -0.15) is 0 Å². The molecule has 34 heavy (non-hydrogen) atoms. The quantitative estimate of drug-likeness (QED) is 0.298. The molecule has 5 nitrogen and oxygen atoms in total. The van der Waals surface area contributed by atoms with Crippen LogP contribution in [0.25, 0.3) is 16.6 Å². The Morgan fingerprint density at radius 3 is 2.50 bits per heavy atom. The molecule has 0 N–H and O–H groups in total. The van der Waals surface area contributed by atoms with Gasteiger partial charge in [-0.25, -0.2) is 4.98 Å². The molecule has 4 aromatic rings. The van der Waals surface area contributed by atoms with E-state index in [0.717, 1.165) is 27.7 Å². The van der Waals surface area contributed by atoms with Crippen LogP contribution in [0.3, 0.4) is 0 Å².